The van der Waals surface area contributed by atoms with Gasteiger partial charge in [-0.3, -0.25) is 0 Å². The minimum absolute atomic E-state index is 0.0401. The Hall–Kier alpha value is -1.10. The van der Waals surface area contributed by atoms with E-state index in [4.69, 9.17) is 10.2 Å². The topological polar surface area (TPSA) is 77.0 Å². The molecule has 0 atom stereocenters. The molecule has 0 radical (unpaired) electrons. The molecule has 1 saturated carbocycles. The van der Waals surface area contributed by atoms with Crippen molar-refractivity contribution in [2.45, 2.75) is 38.8 Å². The summed E-state index contributed by atoms with van der Waals surface area (Å²) in [5.41, 5.74) is 5.42. The maximum Gasteiger partial charge on any atom is 0.315 e. The first-order chi connectivity index (χ1) is 6.62. The van der Waals surface area contributed by atoms with E-state index in [0.29, 0.717) is 18.5 Å². The van der Waals surface area contributed by atoms with Crippen LogP contribution >= 0.6 is 0 Å². The zero-order valence-corrected chi connectivity index (χ0v) is 8.58. The number of aromatic nitrogens is 2. The molecule has 0 bridgehead atoms. The molecule has 1 fully saturated rings. The van der Waals surface area contributed by atoms with Crippen LogP contribution in [0.2, 0.25) is 0 Å². The smallest absolute Gasteiger partial charge is 0.315 e. The fourth-order valence-corrected chi connectivity index (χ4v) is 1.57. The first kappa shape index (κ1) is 9.45. The highest BCUT2D eigenvalue weighted by Crippen LogP contribution is 2.40. The van der Waals surface area contributed by atoms with Gasteiger partial charge in [-0.2, -0.15) is 0 Å². The SMILES string of the molecule is CC(C)(Nc1nnc(CN)o1)C1CC1. The summed E-state index contributed by atoms with van der Waals surface area (Å²) < 4.78 is 5.29. The van der Waals surface area contributed by atoms with Crippen molar-refractivity contribution in [3.63, 3.8) is 0 Å². The van der Waals surface area contributed by atoms with E-state index in [0.717, 1.165) is 5.92 Å². The van der Waals surface area contributed by atoms with E-state index >= 15 is 0 Å². The molecule has 5 heteroatoms. The standard InChI is InChI=1S/C9H16N4O/c1-9(2,6-3-4-6)11-8-13-12-7(5-10)14-8/h6H,3-5,10H2,1-2H3,(H,11,13). The third-order valence-corrected chi connectivity index (χ3v) is 2.67. The Morgan fingerprint density at radius 1 is 1.50 bits per heavy atom. The summed E-state index contributed by atoms with van der Waals surface area (Å²) in [4.78, 5) is 0. The van der Waals surface area contributed by atoms with E-state index in [1.165, 1.54) is 12.8 Å². The van der Waals surface area contributed by atoms with Crippen LogP contribution in [-0.2, 0) is 6.54 Å². The summed E-state index contributed by atoms with van der Waals surface area (Å²) in [6.45, 7) is 4.59. The van der Waals surface area contributed by atoms with Crippen molar-refractivity contribution in [3.8, 4) is 0 Å². The van der Waals surface area contributed by atoms with Gasteiger partial charge in [0, 0.05) is 5.54 Å². The van der Waals surface area contributed by atoms with Crippen LogP contribution in [-0.4, -0.2) is 15.7 Å². The minimum Gasteiger partial charge on any atom is -0.407 e. The molecule has 2 rings (SSSR count). The molecule has 14 heavy (non-hydrogen) atoms. The molecule has 1 aromatic heterocycles. The lowest BCUT2D eigenvalue weighted by Gasteiger charge is -2.24. The lowest BCUT2D eigenvalue weighted by atomic mass is 9.99. The predicted molar refractivity (Wildman–Crippen MR) is 52.6 cm³/mol. The monoisotopic (exact) mass is 196 g/mol. The van der Waals surface area contributed by atoms with Crippen molar-refractivity contribution in [1.82, 2.24) is 10.2 Å². The van der Waals surface area contributed by atoms with Crippen LogP contribution in [0.15, 0.2) is 4.42 Å². The molecular formula is C9H16N4O. The van der Waals surface area contributed by atoms with Crippen molar-refractivity contribution < 1.29 is 4.42 Å². The Morgan fingerprint density at radius 2 is 2.21 bits per heavy atom. The van der Waals surface area contributed by atoms with Crippen molar-refractivity contribution in [2.75, 3.05) is 5.32 Å². The quantitative estimate of drug-likeness (QED) is 0.754. The molecule has 0 aromatic carbocycles. The Kier molecular flexibility index (Phi) is 2.19. The Labute approximate surface area is 83.1 Å². The number of nitrogens with zero attached hydrogens (tertiary/aromatic N) is 2. The van der Waals surface area contributed by atoms with Gasteiger partial charge in [-0.15, -0.1) is 5.10 Å². The molecule has 78 valence electrons. The Morgan fingerprint density at radius 3 is 2.71 bits per heavy atom. The van der Waals surface area contributed by atoms with E-state index in [-0.39, 0.29) is 5.54 Å². The van der Waals surface area contributed by atoms with E-state index in [1.54, 1.807) is 0 Å². The van der Waals surface area contributed by atoms with Gasteiger partial charge in [-0.1, -0.05) is 5.10 Å². The van der Waals surface area contributed by atoms with Gasteiger partial charge in [0.25, 0.3) is 0 Å². The van der Waals surface area contributed by atoms with Gasteiger partial charge >= 0.3 is 6.01 Å². The maximum absolute atomic E-state index is 5.38. The fraction of sp³-hybridized carbons (Fsp3) is 0.778. The second kappa shape index (κ2) is 3.24. The molecule has 1 aliphatic carbocycles. The summed E-state index contributed by atoms with van der Waals surface area (Å²) in [5.74, 6) is 1.19. The van der Waals surface area contributed by atoms with Crippen LogP contribution in [0.1, 0.15) is 32.6 Å². The highest BCUT2D eigenvalue weighted by atomic mass is 16.4. The normalized spacial score (nSPS) is 17.1. The molecule has 0 saturated heterocycles. The molecule has 3 N–H and O–H groups in total. The molecule has 0 unspecified atom stereocenters. The first-order valence-electron chi connectivity index (χ1n) is 4.92. The second-order valence-electron chi connectivity index (χ2n) is 4.33. The Bertz CT molecular complexity index is 316. The predicted octanol–water partition coefficient (Wildman–Crippen LogP) is 1.13. The highest BCUT2D eigenvalue weighted by molar-refractivity contribution is 5.25. The van der Waals surface area contributed by atoms with Gasteiger partial charge < -0.3 is 15.5 Å². The number of anilines is 1. The molecule has 1 aliphatic rings. The summed E-state index contributed by atoms with van der Waals surface area (Å²) in [6.07, 6.45) is 2.55. The van der Waals surface area contributed by atoms with Crippen LogP contribution in [0, 0.1) is 5.92 Å². The molecule has 5 nitrogen and oxygen atoms in total. The maximum atomic E-state index is 5.38. The summed E-state index contributed by atoms with van der Waals surface area (Å²) in [6, 6.07) is 0.474. The third-order valence-electron chi connectivity index (χ3n) is 2.67. The van der Waals surface area contributed by atoms with Crippen molar-refractivity contribution >= 4 is 6.01 Å². The molecular weight excluding hydrogens is 180 g/mol. The molecule has 0 amide bonds. The molecule has 1 heterocycles. The molecule has 1 aromatic rings. The minimum atomic E-state index is 0.0401. The summed E-state index contributed by atoms with van der Waals surface area (Å²) in [5, 5.41) is 10.9. The van der Waals surface area contributed by atoms with E-state index in [1.807, 2.05) is 0 Å². The molecule has 0 aliphatic heterocycles. The summed E-state index contributed by atoms with van der Waals surface area (Å²) >= 11 is 0. The number of hydrogen-bond donors (Lipinski definition) is 2. The largest absolute Gasteiger partial charge is 0.407 e. The number of nitrogens with two attached hydrogens (primary N) is 1. The lowest BCUT2D eigenvalue weighted by molar-refractivity contribution is 0.447. The Balaban J connectivity index is 2.02. The van der Waals surface area contributed by atoms with Gasteiger partial charge in [0.15, 0.2) is 0 Å². The van der Waals surface area contributed by atoms with Gasteiger partial charge in [0.05, 0.1) is 6.54 Å². The molecule has 0 spiro atoms. The van der Waals surface area contributed by atoms with Crippen LogP contribution < -0.4 is 11.1 Å². The second-order valence-corrected chi connectivity index (χ2v) is 4.33. The average Bonchev–Trinajstić information content (AvgIpc) is 2.89. The van der Waals surface area contributed by atoms with Crippen molar-refractivity contribution in [3.05, 3.63) is 5.89 Å². The zero-order valence-electron chi connectivity index (χ0n) is 8.58. The van der Waals surface area contributed by atoms with Crippen molar-refractivity contribution in [1.29, 1.82) is 0 Å². The first-order valence-corrected chi connectivity index (χ1v) is 4.92. The van der Waals surface area contributed by atoms with Gasteiger partial charge in [0.2, 0.25) is 5.89 Å². The van der Waals surface area contributed by atoms with Crippen LogP contribution in [0.5, 0.6) is 0 Å². The van der Waals surface area contributed by atoms with E-state index < -0.39 is 0 Å². The van der Waals surface area contributed by atoms with E-state index in [9.17, 15) is 0 Å². The van der Waals surface area contributed by atoms with Crippen molar-refractivity contribution in [2.24, 2.45) is 11.7 Å². The van der Waals surface area contributed by atoms with Crippen LogP contribution in [0.25, 0.3) is 0 Å². The highest BCUT2D eigenvalue weighted by Gasteiger charge is 2.38. The zero-order chi connectivity index (χ0) is 10.2. The van der Waals surface area contributed by atoms with Crippen LogP contribution in [0.3, 0.4) is 0 Å². The van der Waals surface area contributed by atoms with Gasteiger partial charge in [-0.05, 0) is 32.6 Å². The van der Waals surface area contributed by atoms with Gasteiger partial charge in [0.1, 0.15) is 0 Å². The van der Waals surface area contributed by atoms with E-state index in [2.05, 4.69) is 29.4 Å². The average molecular weight is 196 g/mol. The number of rotatable bonds is 4. The fourth-order valence-electron chi connectivity index (χ4n) is 1.57. The number of nitrogens with one attached hydrogen (secondary N) is 1. The van der Waals surface area contributed by atoms with Crippen LogP contribution in [0.4, 0.5) is 6.01 Å². The van der Waals surface area contributed by atoms with Gasteiger partial charge in [-0.25, -0.2) is 0 Å². The summed E-state index contributed by atoms with van der Waals surface area (Å²) in [7, 11) is 0. The third kappa shape index (κ3) is 1.87. The lowest BCUT2D eigenvalue weighted by Crippen LogP contribution is -2.33. The number of hydrogen-bond acceptors (Lipinski definition) is 5.